The fraction of sp³-hybridized carbons (Fsp3) is 0.211. The molecular formula is C19H18O7. The van der Waals surface area contributed by atoms with Crippen LogP contribution in [0.25, 0.3) is 22.3 Å². The summed E-state index contributed by atoms with van der Waals surface area (Å²) in [6.45, 7) is 2.24. The molecule has 0 aliphatic carbocycles. The summed E-state index contributed by atoms with van der Waals surface area (Å²) in [5.74, 6) is -1.48. The van der Waals surface area contributed by atoms with Crippen molar-refractivity contribution in [3.05, 3.63) is 40.6 Å². The van der Waals surface area contributed by atoms with Gasteiger partial charge in [-0.2, -0.15) is 0 Å². The minimum absolute atomic E-state index is 0.0268. The van der Waals surface area contributed by atoms with Crippen LogP contribution in [0.15, 0.2) is 39.5 Å². The van der Waals surface area contributed by atoms with E-state index < -0.39 is 11.2 Å². The molecular weight excluding hydrogens is 340 g/mol. The van der Waals surface area contributed by atoms with Gasteiger partial charge in [-0.3, -0.25) is 4.79 Å². The van der Waals surface area contributed by atoms with Gasteiger partial charge in [0.05, 0.1) is 6.61 Å². The Balaban J connectivity index is 2.29. The molecule has 1 aromatic heterocycles. The molecule has 0 saturated carbocycles. The van der Waals surface area contributed by atoms with Gasteiger partial charge in [-0.25, -0.2) is 0 Å². The topological polar surface area (TPSA) is 120 Å². The van der Waals surface area contributed by atoms with Gasteiger partial charge in [0.1, 0.15) is 22.5 Å². The monoisotopic (exact) mass is 358 g/mol. The van der Waals surface area contributed by atoms with E-state index in [1.807, 2.05) is 6.92 Å². The van der Waals surface area contributed by atoms with Crippen LogP contribution in [0.4, 0.5) is 0 Å². The first-order valence-electron chi connectivity index (χ1n) is 8.10. The first-order chi connectivity index (χ1) is 12.4. The summed E-state index contributed by atoms with van der Waals surface area (Å²) in [5, 5.41) is 38.8. The fourth-order valence-corrected chi connectivity index (χ4v) is 2.57. The summed E-state index contributed by atoms with van der Waals surface area (Å²) in [5.41, 5.74) is -0.325. The maximum absolute atomic E-state index is 12.9. The molecule has 0 unspecified atom stereocenters. The maximum atomic E-state index is 12.9. The molecule has 2 aromatic carbocycles. The largest absolute Gasteiger partial charge is 0.508 e. The van der Waals surface area contributed by atoms with Crippen molar-refractivity contribution in [1.82, 2.24) is 0 Å². The molecule has 136 valence electrons. The molecule has 0 atom stereocenters. The van der Waals surface area contributed by atoms with Gasteiger partial charge in [0.15, 0.2) is 17.3 Å². The third kappa shape index (κ3) is 3.11. The first-order valence-corrected chi connectivity index (χ1v) is 8.10. The minimum atomic E-state index is -0.595. The molecule has 0 saturated heterocycles. The van der Waals surface area contributed by atoms with Crippen molar-refractivity contribution >= 4 is 11.0 Å². The van der Waals surface area contributed by atoms with Crippen LogP contribution in [0.2, 0.25) is 0 Å². The lowest BCUT2D eigenvalue weighted by atomic mass is 10.1. The molecule has 7 heteroatoms. The third-order valence-electron chi connectivity index (χ3n) is 3.90. The molecule has 0 aliphatic rings. The Bertz CT molecular complexity index is 1020. The number of phenolic OH excluding ortho intramolecular Hbond substituents is 4. The second kappa shape index (κ2) is 6.87. The van der Waals surface area contributed by atoms with E-state index in [-0.39, 0.29) is 46.3 Å². The quantitative estimate of drug-likeness (QED) is 0.407. The number of aromatic hydroxyl groups is 4. The Kier molecular flexibility index (Phi) is 4.62. The lowest BCUT2D eigenvalue weighted by Gasteiger charge is -2.12. The second-order valence-corrected chi connectivity index (χ2v) is 5.83. The predicted octanol–water partition coefficient (Wildman–Crippen LogP) is 3.46. The molecule has 3 aromatic rings. The van der Waals surface area contributed by atoms with Gasteiger partial charge in [-0.15, -0.1) is 0 Å². The molecule has 4 N–H and O–H groups in total. The van der Waals surface area contributed by atoms with E-state index in [0.29, 0.717) is 12.0 Å². The number of ether oxygens (including phenoxy) is 1. The second-order valence-electron chi connectivity index (χ2n) is 5.83. The smallest absolute Gasteiger partial charge is 0.239 e. The highest BCUT2D eigenvalue weighted by molar-refractivity contribution is 5.88. The number of hydrogen-bond donors (Lipinski definition) is 4. The first kappa shape index (κ1) is 17.5. The highest BCUT2D eigenvalue weighted by atomic mass is 16.5. The van der Waals surface area contributed by atoms with E-state index in [1.54, 1.807) is 0 Å². The molecule has 26 heavy (non-hydrogen) atoms. The molecule has 7 nitrogen and oxygen atoms in total. The van der Waals surface area contributed by atoms with Crippen molar-refractivity contribution in [2.45, 2.75) is 19.8 Å². The van der Waals surface area contributed by atoms with Crippen LogP contribution in [-0.2, 0) is 0 Å². The van der Waals surface area contributed by atoms with Crippen molar-refractivity contribution in [1.29, 1.82) is 0 Å². The van der Waals surface area contributed by atoms with Crippen LogP contribution in [0.5, 0.6) is 28.7 Å². The van der Waals surface area contributed by atoms with Crippen LogP contribution in [0, 0.1) is 0 Å². The summed E-state index contributed by atoms with van der Waals surface area (Å²) >= 11 is 0. The van der Waals surface area contributed by atoms with Gasteiger partial charge >= 0.3 is 0 Å². The molecule has 0 bridgehead atoms. The number of hydrogen-bond acceptors (Lipinski definition) is 7. The van der Waals surface area contributed by atoms with Crippen LogP contribution in [0.3, 0.4) is 0 Å². The average molecular weight is 358 g/mol. The van der Waals surface area contributed by atoms with Crippen molar-refractivity contribution in [3.63, 3.8) is 0 Å². The van der Waals surface area contributed by atoms with Gasteiger partial charge in [-0.1, -0.05) is 13.3 Å². The van der Waals surface area contributed by atoms with Gasteiger partial charge in [0.25, 0.3) is 0 Å². The molecule has 0 aliphatic heterocycles. The summed E-state index contributed by atoms with van der Waals surface area (Å²) in [6.07, 6.45) is 1.56. The zero-order valence-corrected chi connectivity index (χ0v) is 14.0. The van der Waals surface area contributed by atoms with E-state index in [9.17, 15) is 25.2 Å². The Morgan fingerprint density at radius 2 is 1.77 bits per heavy atom. The third-order valence-corrected chi connectivity index (χ3v) is 3.90. The number of rotatable bonds is 5. The summed E-state index contributed by atoms with van der Waals surface area (Å²) < 4.78 is 11.3. The Morgan fingerprint density at radius 3 is 2.46 bits per heavy atom. The molecule has 1 heterocycles. The highest BCUT2D eigenvalue weighted by Crippen LogP contribution is 2.38. The Morgan fingerprint density at radius 1 is 1.00 bits per heavy atom. The lowest BCUT2D eigenvalue weighted by Crippen LogP contribution is -2.11. The van der Waals surface area contributed by atoms with E-state index >= 15 is 0 Å². The summed E-state index contributed by atoms with van der Waals surface area (Å²) in [7, 11) is 0. The van der Waals surface area contributed by atoms with Gasteiger partial charge in [0, 0.05) is 17.7 Å². The maximum Gasteiger partial charge on any atom is 0.239 e. The zero-order valence-electron chi connectivity index (χ0n) is 14.0. The van der Waals surface area contributed by atoms with Crippen molar-refractivity contribution < 1.29 is 29.6 Å². The zero-order chi connectivity index (χ0) is 18.8. The number of unbranched alkanes of at least 4 members (excludes halogenated alkanes) is 1. The normalized spacial score (nSPS) is 11.0. The van der Waals surface area contributed by atoms with Crippen molar-refractivity contribution in [3.8, 4) is 40.1 Å². The molecule has 0 radical (unpaired) electrons. The molecule has 0 spiro atoms. The van der Waals surface area contributed by atoms with E-state index in [1.165, 1.54) is 24.3 Å². The standard InChI is InChI=1S/C19H18O7/c1-2-3-6-25-19-17(24)16-14(23)8-11(20)9-15(16)26-18(19)10-4-5-12(21)13(22)7-10/h4-5,7-9,20-23H,2-3,6H2,1H3. The number of fused-ring (bicyclic) bond motifs is 1. The summed E-state index contributed by atoms with van der Waals surface area (Å²) in [6, 6.07) is 6.19. The van der Waals surface area contributed by atoms with E-state index in [2.05, 4.69) is 0 Å². The predicted molar refractivity (Wildman–Crippen MR) is 95.0 cm³/mol. The van der Waals surface area contributed by atoms with Crippen LogP contribution in [-0.4, -0.2) is 27.0 Å². The van der Waals surface area contributed by atoms with Gasteiger partial charge in [0.2, 0.25) is 11.2 Å². The Labute approximate surface area is 148 Å². The lowest BCUT2D eigenvalue weighted by molar-refractivity contribution is 0.301. The SMILES string of the molecule is CCCCOc1c(-c2ccc(O)c(O)c2)oc2cc(O)cc(O)c2c1=O. The fourth-order valence-electron chi connectivity index (χ4n) is 2.57. The van der Waals surface area contributed by atoms with Gasteiger partial charge < -0.3 is 29.6 Å². The van der Waals surface area contributed by atoms with Crippen LogP contribution in [0.1, 0.15) is 19.8 Å². The molecule has 0 fully saturated rings. The van der Waals surface area contributed by atoms with Crippen molar-refractivity contribution in [2.24, 2.45) is 0 Å². The van der Waals surface area contributed by atoms with Crippen LogP contribution >= 0.6 is 0 Å². The molecule has 3 rings (SSSR count). The minimum Gasteiger partial charge on any atom is -0.508 e. The highest BCUT2D eigenvalue weighted by Gasteiger charge is 2.21. The van der Waals surface area contributed by atoms with E-state index in [4.69, 9.17) is 9.15 Å². The van der Waals surface area contributed by atoms with Gasteiger partial charge in [-0.05, 0) is 24.6 Å². The number of phenols is 4. The van der Waals surface area contributed by atoms with Crippen molar-refractivity contribution in [2.75, 3.05) is 6.61 Å². The summed E-state index contributed by atoms with van der Waals surface area (Å²) in [4.78, 5) is 12.9. The number of benzene rings is 2. The molecule has 0 amide bonds. The Hall–Kier alpha value is -3.35. The van der Waals surface area contributed by atoms with Crippen LogP contribution < -0.4 is 10.2 Å². The van der Waals surface area contributed by atoms with E-state index in [0.717, 1.165) is 12.5 Å². The average Bonchev–Trinajstić information content (AvgIpc) is 2.58.